The van der Waals surface area contributed by atoms with Crippen molar-refractivity contribution in [1.29, 1.82) is 5.26 Å². The normalized spacial score (nSPS) is 9.74. The topological polar surface area (TPSA) is 69.9 Å². The predicted octanol–water partition coefficient (Wildman–Crippen LogP) is 2.28. The van der Waals surface area contributed by atoms with Crippen molar-refractivity contribution < 1.29 is 4.79 Å². The second-order valence-electron chi connectivity index (χ2n) is 3.74. The zero-order valence-electron chi connectivity index (χ0n) is 10.0. The van der Waals surface area contributed by atoms with Crippen LogP contribution < -0.4 is 4.90 Å². The molecule has 2 aromatic heterocycles. The monoisotopic (exact) mass is 272 g/mol. The number of carbonyl (C=O) groups is 1. The molecule has 2 aromatic rings. The lowest BCUT2D eigenvalue weighted by molar-refractivity contribution is 0.0987. The molecule has 0 N–H and O–H groups in total. The minimum absolute atomic E-state index is 0.248. The van der Waals surface area contributed by atoms with Crippen molar-refractivity contribution in [3.8, 4) is 6.07 Å². The van der Waals surface area contributed by atoms with Crippen LogP contribution in [0.1, 0.15) is 16.1 Å². The van der Waals surface area contributed by atoms with Gasteiger partial charge in [-0.3, -0.25) is 9.69 Å². The first-order chi connectivity index (χ1) is 9.11. The first kappa shape index (κ1) is 13.0. The molecule has 0 fully saturated rings. The van der Waals surface area contributed by atoms with Gasteiger partial charge < -0.3 is 0 Å². The molecule has 0 aliphatic carbocycles. The maximum atomic E-state index is 12.1. The lowest BCUT2D eigenvalue weighted by atomic mass is 10.2. The molecule has 0 atom stereocenters. The van der Waals surface area contributed by atoms with Crippen LogP contribution in [-0.2, 0) is 0 Å². The molecule has 6 heteroatoms. The summed E-state index contributed by atoms with van der Waals surface area (Å²) in [5.41, 5.74) is 0.655. The molecule has 0 saturated carbocycles. The third kappa shape index (κ3) is 2.87. The summed E-state index contributed by atoms with van der Waals surface area (Å²) in [5, 5.41) is 9.17. The van der Waals surface area contributed by atoms with Gasteiger partial charge in [-0.2, -0.15) is 5.26 Å². The van der Waals surface area contributed by atoms with E-state index in [1.807, 2.05) is 6.07 Å². The van der Waals surface area contributed by atoms with Gasteiger partial charge in [0.15, 0.2) is 0 Å². The molecule has 0 unspecified atom stereocenters. The van der Waals surface area contributed by atoms with Crippen molar-refractivity contribution in [1.82, 2.24) is 9.97 Å². The Hall–Kier alpha value is -2.45. The Balaban J connectivity index is 2.23. The van der Waals surface area contributed by atoms with Gasteiger partial charge in [-0.05, 0) is 24.3 Å². The maximum absolute atomic E-state index is 12.1. The summed E-state index contributed by atoms with van der Waals surface area (Å²) in [6.07, 6.45) is 2.82. The van der Waals surface area contributed by atoms with Crippen molar-refractivity contribution >= 4 is 23.3 Å². The quantitative estimate of drug-likeness (QED) is 0.841. The van der Waals surface area contributed by atoms with Crippen LogP contribution in [0.15, 0.2) is 36.7 Å². The molecule has 1 amide bonds. The zero-order valence-corrected chi connectivity index (χ0v) is 10.8. The summed E-state index contributed by atoms with van der Waals surface area (Å²) < 4.78 is 0. The Bertz CT molecular complexity index is 631. The van der Waals surface area contributed by atoms with Gasteiger partial charge in [0, 0.05) is 19.4 Å². The molecular weight excluding hydrogens is 264 g/mol. The SMILES string of the molecule is CN(C(=O)c1ccc(C#N)cn1)c1ccc(Cl)cn1. The fourth-order valence-corrected chi connectivity index (χ4v) is 1.54. The molecule has 2 heterocycles. The Kier molecular flexibility index (Phi) is 3.74. The summed E-state index contributed by atoms with van der Waals surface area (Å²) in [4.78, 5) is 21.5. The van der Waals surface area contributed by atoms with E-state index in [1.54, 1.807) is 25.2 Å². The average Bonchev–Trinajstić information content (AvgIpc) is 2.46. The van der Waals surface area contributed by atoms with Gasteiger partial charge in [0.25, 0.3) is 5.91 Å². The van der Waals surface area contributed by atoms with Crippen LogP contribution in [0.3, 0.4) is 0 Å². The highest BCUT2D eigenvalue weighted by Crippen LogP contribution is 2.14. The largest absolute Gasteiger partial charge is 0.294 e. The molecule has 0 saturated heterocycles. The standard InChI is InChI=1S/C13H9ClN4O/c1-18(12-5-3-10(14)8-17-12)13(19)11-4-2-9(6-15)7-16-11/h2-5,7-8H,1H3. The van der Waals surface area contributed by atoms with Crippen LogP contribution in [0.4, 0.5) is 5.82 Å². The van der Waals surface area contributed by atoms with E-state index in [0.717, 1.165) is 0 Å². The highest BCUT2D eigenvalue weighted by atomic mass is 35.5. The lowest BCUT2D eigenvalue weighted by Crippen LogP contribution is -2.27. The number of halogens is 1. The minimum atomic E-state index is -0.306. The summed E-state index contributed by atoms with van der Waals surface area (Å²) in [7, 11) is 1.60. The van der Waals surface area contributed by atoms with E-state index in [1.165, 1.54) is 23.4 Å². The zero-order chi connectivity index (χ0) is 13.8. The van der Waals surface area contributed by atoms with E-state index in [-0.39, 0.29) is 11.6 Å². The van der Waals surface area contributed by atoms with Crippen LogP contribution in [0, 0.1) is 11.3 Å². The Morgan fingerprint density at radius 1 is 1.26 bits per heavy atom. The molecule has 0 aliphatic heterocycles. The molecule has 19 heavy (non-hydrogen) atoms. The minimum Gasteiger partial charge on any atom is -0.294 e. The van der Waals surface area contributed by atoms with E-state index < -0.39 is 0 Å². The maximum Gasteiger partial charge on any atom is 0.277 e. The lowest BCUT2D eigenvalue weighted by Gasteiger charge is -2.15. The average molecular weight is 273 g/mol. The number of anilines is 1. The van der Waals surface area contributed by atoms with Crippen molar-refractivity contribution in [2.75, 3.05) is 11.9 Å². The van der Waals surface area contributed by atoms with Gasteiger partial charge in [-0.25, -0.2) is 9.97 Å². The Morgan fingerprint density at radius 3 is 2.58 bits per heavy atom. The summed E-state index contributed by atoms with van der Waals surface area (Å²) >= 11 is 5.74. The second kappa shape index (κ2) is 5.46. The Labute approximate surface area is 115 Å². The van der Waals surface area contributed by atoms with Crippen LogP contribution in [0.2, 0.25) is 5.02 Å². The first-order valence-corrected chi connectivity index (χ1v) is 5.75. The Morgan fingerprint density at radius 2 is 2.05 bits per heavy atom. The number of pyridine rings is 2. The van der Waals surface area contributed by atoms with E-state index >= 15 is 0 Å². The summed E-state index contributed by atoms with van der Waals surface area (Å²) in [5.74, 6) is 0.167. The molecule has 0 aliphatic rings. The van der Waals surface area contributed by atoms with Crippen molar-refractivity contribution in [2.45, 2.75) is 0 Å². The first-order valence-electron chi connectivity index (χ1n) is 5.37. The molecule has 2 rings (SSSR count). The van der Waals surface area contributed by atoms with Crippen LogP contribution >= 0.6 is 11.6 Å². The van der Waals surface area contributed by atoms with Crippen molar-refractivity contribution in [3.05, 3.63) is 52.9 Å². The van der Waals surface area contributed by atoms with E-state index in [4.69, 9.17) is 16.9 Å². The van der Waals surface area contributed by atoms with Gasteiger partial charge >= 0.3 is 0 Å². The fraction of sp³-hybridized carbons (Fsp3) is 0.0769. The number of hydrogen-bond donors (Lipinski definition) is 0. The molecule has 94 valence electrons. The smallest absolute Gasteiger partial charge is 0.277 e. The van der Waals surface area contributed by atoms with E-state index in [2.05, 4.69) is 9.97 Å². The third-order valence-corrected chi connectivity index (χ3v) is 2.70. The summed E-state index contributed by atoms with van der Waals surface area (Å²) in [6.45, 7) is 0. The highest BCUT2D eigenvalue weighted by molar-refractivity contribution is 6.30. The van der Waals surface area contributed by atoms with Crippen LogP contribution in [0.25, 0.3) is 0 Å². The van der Waals surface area contributed by atoms with Crippen molar-refractivity contribution in [2.24, 2.45) is 0 Å². The number of nitrogens with zero attached hydrogens (tertiary/aromatic N) is 4. The van der Waals surface area contributed by atoms with E-state index in [0.29, 0.717) is 16.4 Å². The van der Waals surface area contributed by atoms with Gasteiger partial charge in [0.05, 0.1) is 10.6 Å². The molecule has 5 nitrogen and oxygen atoms in total. The number of carbonyl (C=O) groups excluding carboxylic acids is 1. The van der Waals surface area contributed by atoms with Gasteiger partial charge in [-0.15, -0.1) is 0 Å². The highest BCUT2D eigenvalue weighted by Gasteiger charge is 2.15. The molecule has 0 spiro atoms. The van der Waals surface area contributed by atoms with Crippen LogP contribution in [0.5, 0.6) is 0 Å². The number of nitriles is 1. The molecule has 0 aromatic carbocycles. The third-order valence-electron chi connectivity index (χ3n) is 2.47. The number of rotatable bonds is 2. The molecule has 0 radical (unpaired) electrons. The van der Waals surface area contributed by atoms with Crippen LogP contribution in [-0.4, -0.2) is 22.9 Å². The van der Waals surface area contributed by atoms with Crippen molar-refractivity contribution in [3.63, 3.8) is 0 Å². The predicted molar refractivity (Wildman–Crippen MR) is 70.9 cm³/mol. The molecule has 0 bridgehead atoms. The van der Waals surface area contributed by atoms with Gasteiger partial charge in [-0.1, -0.05) is 11.6 Å². The van der Waals surface area contributed by atoms with Gasteiger partial charge in [0.1, 0.15) is 17.6 Å². The number of hydrogen-bond acceptors (Lipinski definition) is 4. The van der Waals surface area contributed by atoms with E-state index in [9.17, 15) is 4.79 Å². The van der Waals surface area contributed by atoms with Gasteiger partial charge in [0.2, 0.25) is 0 Å². The fourth-order valence-electron chi connectivity index (χ4n) is 1.43. The number of amides is 1. The number of aromatic nitrogens is 2. The summed E-state index contributed by atoms with van der Waals surface area (Å²) in [6, 6.07) is 8.29. The molecular formula is C13H9ClN4O. The second-order valence-corrected chi connectivity index (χ2v) is 4.18.